The van der Waals surface area contributed by atoms with Crippen LogP contribution in [0.15, 0.2) is 53.9 Å². The molecule has 6 nitrogen and oxygen atoms in total. The van der Waals surface area contributed by atoms with Crippen molar-refractivity contribution < 1.29 is 4.79 Å². The van der Waals surface area contributed by atoms with Crippen LogP contribution in [0.4, 0.5) is 0 Å². The van der Waals surface area contributed by atoms with Gasteiger partial charge in [0.15, 0.2) is 11.0 Å². The molecule has 134 valence electrons. The van der Waals surface area contributed by atoms with Crippen molar-refractivity contribution in [1.29, 1.82) is 0 Å². The molecule has 1 amide bonds. The second-order valence-electron chi connectivity index (χ2n) is 5.87. The number of hydrogen-bond donors (Lipinski definition) is 1. The molecule has 0 bridgehead atoms. The highest BCUT2D eigenvalue weighted by atomic mass is 32.2. The number of rotatable bonds is 6. The zero-order chi connectivity index (χ0) is 18.5. The quantitative estimate of drug-likeness (QED) is 0.677. The standard InChI is InChI=1S/C19H21N5OS/c1-4-21-18(25)14(3)26-19-23-22-17(15-9-11-20-12-10-15)24(19)16-7-5-13(2)6-8-16/h5-12,14H,4H2,1-3H3,(H,21,25). The van der Waals surface area contributed by atoms with Gasteiger partial charge in [-0.2, -0.15) is 0 Å². The van der Waals surface area contributed by atoms with Crippen LogP contribution in [0.3, 0.4) is 0 Å². The van der Waals surface area contributed by atoms with Gasteiger partial charge in [0.1, 0.15) is 0 Å². The van der Waals surface area contributed by atoms with Crippen molar-refractivity contribution in [3.63, 3.8) is 0 Å². The minimum atomic E-state index is -0.270. The van der Waals surface area contributed by atoms with Gasteiger partial charge in [-0.15, -0.1) is 10.2 Å². The number of thioether (sulfide) groups is 1. The zero-order valence-electron chi connectivity index (χ0n) is 15.0. The summed E-state index contributed by atoms with van der Waals surface area (Å²) in [5.74, 6) is 0.711. The Kier molecular flexibility index (Phi) is 5.68. The maximum atomic E-state index is 12.1. The Morgan fingerprint density at radius 3 is 2.50 bits per heavy atom. The van der Waals surface area contributed by atoms with E-state index in [9.17, 15) is 4.79 Å². The Balaban J connectivity index is 2.03. The average molecular weight is 367 g/mol. The van der Waals surface area contributed by atoms with Gasteiger partial charge in [-0.3, -0.25) is 14.3 Å². The van der Waals surface area contributed by atoms with Gasteiger partial charge in [0, 0.05) is 30.2 Å². The van der Waals surface area contributed by atoms with Gasteiger partial charge in [-0.25, -0.2) is 0 Å². The highest BCUT2D eigenvalue weighted by Gasteiger charge is 2.21. The second kappa shape index (κ2) is 8.14. The molecule has 3 aromatic rings. The van der Waals surface area contributed by atoms with E-state index in [2.05, 4.69) is 20.5 Å². The molecular formula is C19H21N5OS. The van der Waals surface area contributed by atoms with E-state index in [1.807, 2.05) is 61.7 Å². The Bertz CT molecular complexity index is 877. The Labute approximate surface area is 157 Å². The van der Waals surface area contributed by atoms with Gasteiger partial charge >= 0.3 is 0 Å². The zero-order valence-corrected chi connectivity index (χ0v) is 15.8. The minimum absolute atomic E-state index is 0.0126. The number of nitrogens with one attached hydrogen (secondary N) is 1. The first kappa shape index (κ1) is 18.1. The van der Waals surface area contributed by atoms with Crippen molar-refractivity contribution in [2.24, 2.45) is 0 Å². The number of aromatic nitrogens is 4. The van der Waals surface area contributed by atoms with Crippen LogP contribution in [-0.4, -0.2) is 37.5 Å². The maximum Gasteiger partial charge on any atom is 0.233 e. The summed E-state index contributed by atoms with van der Waals surface area (Å²) in [5.41, 5.74) is 3.06. The Morgan fingerprint density at radius 2 is 1.85 bits per heavy atom. The largest absolute Gasteiger partial charge is 0.355 e. The lowest BCUT2D eigenvalue weighted by Gasteiger charge is -2.13. The van der Waals surface area contributed by atoms with E-state index in [4.69, 9.17) is 0 Å². The first-order valence-corrected chi connectivity index (χ1v) is 9.35. The Hall–Kier alpha value is -2.67. The molecule has 2 aromatic heterocycles. The summed E-state index contributed by atoms with van der Waals surface area (Å²) in [7, 11) is 0. The number of hydrogen-bond acceptors (Lipinski definition) is 5. The predicted molar refractivity (Wildman–Crippen MR) is 103 cm³/mol. The molecule has 0 fully saturated rings. The lowest BCUT2D eigenvalue weighted by Crippen LogP contribution is -2.30. The minimum Gasteiger partial charge on any atom is -0.355 e. The molecule has 1 unspecified atom stereocenters. The third-order valence-electron chi connectivity index (χ3n) is 3.87. The monoisotopic (exact) mass is 367 g/mol. The lowest BCUT2D eigenvalue weighted by molar-refractivity contribution is -0.120. The molecule has 0 spiro atoms. The fourth-order valence-corrected chi connectivity index (χ4v) is 3.38. The summed E-state index contributed by atoms with van der Waals surface area (Å²) in [4.78, 5) is 16.2. The van der Waals surface area contributed by atoms with E-state index in [-0.39, 0.29) is 11.2 Å². The van der Waals surface area contributed by atoms with Crippen LogP contribution in [0.2, 0.25) is 0 Å². The molecule has 2 heterocycles. The normalized spacial score (nSPS) is 12.0. The van der Waals surface area contributed by atoms with Crippen LogP contribution >= 0.6 is 11.8 Å². The van der Waals surface area contributed by atoms with Crippen molar-refractivity contribution in [2.45, 2.75) is 31.2 Å². The van der Waals surface area contributed by atoms with E-state index in [0.717, 1.165) is 17.1 Å². The van der Waals surface area contributed by atoms with Crippen LogP contribution in [0.1, 0.15) is 19.4 Å². The summed E-state index contributed by atoms with van der Waals surface area (Å²) < 4.78 is 1.98. The first-order valence-electron chi connectivity index (χ1n) is 8.47. The van der Waals surface area contributed by atoms with Crippen LogP contribution in [0.5, 0.6) is 0 Å². The molecular weight excluding hydrogens is 346 g/mol. The maximum absolute atomic E-state index is 12.1. The van der Waals surface area contributed by atoms with Crippen molar-refractivity contribution in [3.8, 4) is 17.1 Å². The number of amides is 1. The molecule has 1 N–H and O–H groups in total. The molecule has 26 heavy (non-hydrogen) atoms. The summed E-state index contributed by atoms with van der Waals surface area (Å²) >= 11 is 1.39. The van der Waals surface area contributed by atoms with Crippen molar-refractivity contribution in [2.75, 3.05) is 6.54 Å². The lowest BCUT2D eigenvalue weighted by atomic mass is 10.2. The number of pyridine rings is 1. The van der Waals surface area contributed by atoms with Gasteiger partial charge in [-0.05, 0) is 45.0 Å². The fraction of sp³-hybridized carbons (Fsp3) is 0.263. The number of nitrogens with zero attached hydrogens (tertiary/aromatic N) is 4. The second-order valence-corrected chi connectivity index (χ2v) is 7.18. The van der Waals surface area contributed by atoms with Crippen LogP contribution in [0.25, 0.3) is 17.1 Å². The topological polar surface area (TPSA) is 72.7 Å². The van der Waals surface area contributed by atoms with Crippen LogP contribution in [-0.2, 0) is 4.79 Å². The molecule has 1 aromatic carbocycles. The third kappa shape index (κ3) is 3.94. The summed E-state index contributed by atoms with van der Waals surface area (Å²) in [6, 6.07) is 12.0. The van der Waals surface area contributed by atoms with E-state index in [1.54, 1.807) is 12.4 Å². The predicted octanol–water partition coefficient (Wildman–Crippen LogP) is 3.25. The van der Waals surface area contributed by atoms with Gasteiger partial charge < -0.3 is 5.32 Å². The fourth-order valence-electron chi connectivity index (χ4n) is 2.49. The van der Waals surface area contributed by atoms with Gasteiger partial charge in [-0.1, -0.05) is 29.5 Å². The van der Waals surface area contributed by atoms with E-state index in [0.29, 0.717) is 11.7 Å². The third-order valence-corrected chi connectivity index (χ3v) is 4.91. The number of aryl methyl sites for hydroxylation is 1. The molecule has 0 aliphatic rings. The van der Waals surface area contributed by atoms with Gasteiger partial charge in [0.25, 0.3) is 0 Å². The highest BCUT2D eigenvalue weighted by molar-refractivity contribution is 8.00. The molecule has 1 atom stereocenters. The summed E-state index contributed by atoms with van der Waals surface area (Å²) in [6.07, 6.45) is 3.46. The van der Waals surface area contributed by atoms with Crippen LogP contribution < -0.4 is 5.32 Å². The molecule has 7 heteroatoms. The molecule has 0 aliphatic carbocycles. The van der Waals surface area contributed by atoms with E-state index >= 15 is 0 Å². The number of carbonyl (C=O) groups excluding carboxylic acids is 1. The molecule has 0 radical (unpaired) electrons. The number of benzene rings is 1. The molecule has 0 saturated carbocycles. The molecule has 0 saturated heterocycles. The SMILES string of the molecule is CCNC(=O)C(C)Sc1nnc(-c2ccncc2)n1-c1ccc(C)cc1. The smallest absolute Gasteiger partial charge is 0.233 e. The molecule has 3 rings (SSSR count). The van der Waals surface area contributed by atoms with Crippen LogP contribution in [0, 0.1) is 6.92 Å². The van der Waals surface area contributed by atoms with Crippen molar-refractivity contribution >= 4 is 17.7 Å². The summed E-state index contributed by atoms with van der Waals surface area (Å²) in [5, 5.41) is 12.0. The average Bonchev–Trinajstić information content (AvgIpc) is 3.07. The first-order chi connectivity index (χ1) is 12.6. The van der Waals surface area contributed by atoms with Crippen molar-refractivity contribution in [1.82, 2.24) is 25.1 Å². The Morgan fingerprint density at radius 1 is 1.15 bits per heavy atom. The van der Waals surface area contributed by atoms with Crippen molar-refractivity contribution in [3.05, 3.63) is 54.4 Å². The van der Waals surface area contributed by atoms with Gasteiger partial charge in [0.2, 0.25) is 5.91 Å². The summed E-state index contributed by atoms with van der Waals surface area (Å²) in [6.45, 7) is 6.44. The highest BCUT2D eigenvalue weighted by Crippen LogP contribution is 2.30. The number of carbonyl (C=O) groups is 1. The molecule has 0 aliphatic heterocycles. The van der Waals surface area contributed by atoms with E-state index < -0.39 is 0 Å². The van der Waals surface area contributed by atoms with E-state index in [1.165, 1.54) is 17.3 Å². The van der Waals surface area contributed by atoms with Gasteiger partial charge in [0.05, 0.1) is 5.25 Å².